The third-order valence-corrected chi connectivity index (χ3v) is 14.5. The number of thiocarbonyl (C=S) groups is 1. The van der Waals surface area contributed by atoms with Crippen LogP contribution in [-0.4, -0.2) is 53.9 Å². The summed E-state index contributed by atoms with van der Waals surface area (Å²) in [5.74, 6) is -4.09. The molecule has 19 heteroatoms. The maximum absolute atomic E-state index is 15.5. The second kappa shape index (κ2) is 14.6. The Morgan fingerprint density at radius 2 is 1.75 bits per heavy atom. The molecule has 3 aliphatic rings. The number of carbonyl (C=O) groups is 1. The van der Waals surface area contributed by atoms with Gasteiger partial charge in [0.1, 0.15) is 34.3 Å². The molecule has 0 aliphatic heterocycles. The van der Waals surface area contributed by atoms with Gasteiger partial charge in [0.05, 0.1) is 32.0 Å². The van der Waals surface area contributed by atoms with Gasteiger partial charge in [-0.05, 0) is 99.5 Å². The smallest absolute Gasteiger partial charge is 0.298 e. The molecule has 0 spiro atoms. The van der Waals surface area contributed by atoms with E-state index in [1.165, 1.54) is 24.6 Å². The van der Waals surface area contributed by atoms with Gasteiger partial charge in [-0.3, -0.25) is 14.2 Å². The molecule has 0 bridgehead atoms. The van der Waals surface area contributed by atoms with Gasteiger partial charge in [0.2, 0.25) is 0 Å². The van der Waals surface area contributed by atoms with Gasteiger partial charge in [0.25, 0.3) is 5.92 Å². The molecule has 3 aromatic heterocycles. The summed E-state index contributed by atoms with van der Waals surface area (Å²) in [7, 11) is -2.05. The summed E-state index contributed by atoms with van der Waals surface area (Å²) in [6.07, 6.45) is -5.05. The SMILES string of the molecule is Cn1nc(N=C=S)c2c(Cl)ccc(-c3ccc(C#CC(C)(C)S(=O)(=O)C4CC4)nc3[C@@H](CC(=O)Cn3nc(C(F)(F)F)c4c3C(F)(F)[C@@H]3C[C@H]43)Cc3cc(F)cc(F)c3)c21. The van der Waals surface area contributed by atoms with Gasteiger partial charge in [-0.1, -0.05) is 23.6 Å². The molecule has 3 aliphatic carbocycles. The lowest BCUT2D eigenvalue weighted by atomic mass is 9.86. The molecule has 2 saturated carbocycles. The molecule has 3 heterocycles. The minimum absolute atomic E-state index is 0.0514. The van der Waals surface area contributed by atoms with Crippen molar-refractivity contribution in [1.82, 2.24) is 24.5 Å². The van der Waals surface area contributed by atoms with E-state index in [0.717, 1.165) is 12.1 Å². The summed E-state index contributed by atoms with van der Waals surface area (Å²) in [6, 6.07) is 9.01. The number of hydrogen-bond acceptors (Lipinski definition) is 8. The Morgan fingerprint density at radius 1 is 1.07 bits per heavy atom. The topological polar surface area (TPSA) is 112 Å². The van der Waals surface area contributed by atoms with E-state index in [-0.39, 0.29) is 40.6 Å². The molecule has 8 rings (SSSR count). The number of rotatable bonds is 11. The zero-order valence-electron chi connectivity index (χ0n) is 31.8. The maximum Gasteiger partial charge on any atom is 0.435 e. The predicted octanol–water partition coefficient (Wildman–Crippen LogP) is 9.42. The Bertz CT molecular complexity index is 2850. The van der Waals surface area contributed by atoms with E-state index in [9.17, 15) is 35.2 Å². The van der Waals surface area contributed by atoms with Crippen molar-refractivity contribution >= 4 is 61.3 Å². The van der Waals surface area contributed by atoms with Gasteiger partial charge < -0.3 is 0 Å². The number of benzene rings is 2. The van der Waals surface area contributed by atoms with Crippen molar-refractivity contribution < 1.29 is 43.9 Å². The first-order valence-electron chi connectivity index (χ1n) is 18.7. The van der Waals surface area contributed by atoms with Crippen molar-refractivity contribution in [2.75, 3.05) is 0 Å². The maximum atomic E-state index is 15.5. The minimum atomic E-state index is -5.06. The Morgan fingerprint density at radius 3 is 2.40 bits per heavy atom. The average molecular weight is 889 g/mol. The zero-order valence-corrected chi connectivity index (χ0v) is 34.2. The van der Waals surface area contributed by atoms with Crippen molar-refractivity contribution in [3.63, 3.8) is 0 Å². The van der Waals surface area contributed by atoms with Gasteiger partial charge >= 0.3 is 6.18 Å². The van der Waals surface area contributed by atoms with Crippen LogP contribution in [0, 0.1) is 29.4 Å². The fourth-order valence-electron chi connectivity index (χ4n) is 8.24. The summed E-state index contributed by atoms with van der Waals surface area (Å²) < 4.78 is 129. The normalized spacial score (nSPS) is 18.6. The van der Waals surface area contributed by atoms with Crippen LogP contribution in [0.5, 0.6) is 0 Å². The molecule has 9 nitrogen and oxygen atoms in total. The molecule has 60 heavy (non-hydrogen) atoms. The Kier molecular flexibility index (Phi) is 10.2. The fraction of sp³-hybridized carbons (Fsp3) is 0.390. The number of halogens is 8. The van der Waals surface area contributed by atoms with Crippen LogP contribution in [0.2, 0.25) is 5.02 Å². The zero-order chi connectivity index (χ0) is 43.3. The van der Waals surface area contributed by atoms with Gasteiger partial charge in [0, 0.05) is 48.1 Å². The highest BCUT2D eigenvalue weighted by Crippen LogP contribution is 2.68. The van der Waals surface area contributed by atoms with Crippen LogP contribution in [0.15, 0.2) is 47.5 Å². The van der Waals surface area contributed by atoms with Crippen molar-refractivity contribution in [3.05, 3.63) is 93.0 Å². The van der Waals surface area contributed by atoms with Gasteiger partial charge in [-0.25, -0.2) is 22.2 Å². The Labute approximate surface area is 349 Å². The lowest BCUT2D eigenvalue weighted by molar-refractivity contribution is -0.142. The lowest BCUT2D eigenvalue weighted by Gasteiger charge is -2.22. The molecule has 0 radical (unpaired) electrons. The number of fused-ring (bicyclic) bond motifs is 4. The number of ketones is 1. The fourth-order valence-corrected chi connectivity index (χ4v) is 10.3. The van der Waals surface area contributed by atoms with Gasteiger partial charge in [-0.15, -0.1) is 0 Å². The summed E-state index contributed by atoms with van der Waals surface area (Å²) in [6.45, 7) is 1.97. The number of aromatic nitrogens is 5. The molecule has 312 valence electrons. The predicted molar refractivity (Wildman–Crippen MR) is 211 cm³/mol. The molecule has 3 atom stereocenters. The highest BCUT2D eigenvalue weighted by atomic mass is 35.5. The number of nitrogens with zero attached hydrogens (tertiary/aromatic N) is 6. The number of alkyl halides is 5. The Balaban J connectivity index is 1.29. The third-order valence-electron chi connectivity index (χ3n) is 11.2. The second-order valence-corrected chi connectivity index (χ2v) is 19.2. The number of aliphatic imine (C=N–C) groups is 1. The van der Waals surface area contributed by atoms with Gasteiger partial charge in [-0.2, -0.15) is 37.1 Å². The number of pyridine rings is 1. The van der Waals surface area contributed by atoms with Crippen LogP contribution in [0.25, 0.3) is 22.0 Å². The Hall–Kier alpha value is -4.95. The molecular weight excluding hydrogens is 857 g/mol. The summed E-state index contributed by atoms with van der Waals surface area (Å²) in [5.41, 5.74) is -1.65. The van der Waals surface area contributed by atoms with Crippen molar-refractivity contribution in [2.24, 2.45) is 18.0 Å². The molecule has 5 aromatic rings. The van der Waals surface area contributed by atoms with E-state index in [0.29, 0.717) is 45.6 Å². The van der Waals surface area contributed by atoms with E-state index in [1.54, 1.807) is 25.2 Å². The first-order valence-corrected chi connectivity index (χ1v) is 21.0. The number of isothiocyanates is 1. The largest absolute Gasteiger partial charge is 0.435 e. The quantitative estimate of drug-likeness (QED) is 0.0563. The molecule has 2 aromatic carbocycles. The number of Topliss-reactive ketones (excluding diaryl/α,β-unsaturated/α-hetero) is 1. The van der Waals surface area contributed by atoms with Crippen LogP contribution >= 0.6 is 23.8 Å². The van der Waals surface area contributed by atoms with Crippen LogP contribution in [0.4, 0.5) is 36.6 Å². The molecule has 0 N–H and O–H groups in total. The van der Waals surface area contributed by atoms with E-state index < -0.39 is 97.0 Å². The van der Waals surface area contributed by atoms with E-state index in [2.05, 4.69) is 32.2 Å². The minimum Gasteiger partial charge on any atom is -0.298 e. The first-order chi connectivity index (χ1) is 28.1. The summed E-state index contributed by atoms with van der Waals surface area (Å²) in [5, 5.41) is 10.3. The monoisotopic (exact) mass is 888 g/mol. The van der Waals surface area contributed by atoms with Crippen molar-refractivity contribution in [2.45, 2.75) is 86.4 Å². The molecule has 0 saturated heterocycles. The van der Waals surface area contributed by atoms with Crippen LogP contribution < -0.4 is 0 Å². The second-order valence-electron chi connectivity index (χ2n) is 15.9. The average Bonchev–Trinajstić information content (AvgIpc) is 4.08. The number of sulfone groups is 1. The van der Waals surface area contributed by atoms with Crippen molar-refractivity contribution in [3.8, 4) is 23.0 Å². The molecule has 0 unspecified atom stereocenters. The molecular formula is C41H32ClF7N6O3S2. The third kappa shape index (κ3) is 7.33. The highest BCUT2D eigenvalue weighted by molar-refractivity contribution is 7.93. The van der Waals surface area contributed by atoms with E-state index >= 15 is 8.78 Å². The van der Waals surface area contributed by atoms with Crippen LogP contribution in [-0.2, 0) is 46.7 Å². The highest BCUT2D eigenvalue weighted by Gasteiger charge is 2.68. The standard InChI is InChI=1S/C41H32ClF7N6O3S2/c1-39(2,60(57,58)26-5-6-26)11-10-24-4-7-27(28-8-9-31(42)33-35(28)54(3)53-38(33)50-19-59)34(51-24)21(12-20-13-22(43)16-23(44)14-20)15-25(56)18-55-37-32(36(52-55)41(47,48)49)29-17-30(29)40(37,45)46/h4,7-9,13-14,16,21,26,29-30H,5-6,12,15,17-18H2,1-3H3/t21-,29+,30-/m1/s1. The van der Waals surface area contributed by atoms with E-state index in [4.69, 9.17) is 28.8 Å². The summed E-state index contributed by atoms with van der Waals surface area (Å²) in [4.78, 5) is 23.0. The molecule has 2 fully saturated rings. The van der Waals surface area contributed by atoms with Crippen molar-refractivity contribution in [1.29, 1.82) is 0 Å². The number of aryl methyl sites for hydroxylation is 1. The summed E-state index contributed by atoms with van der Waals surface area (Å²) >= 11 is 11.4. The lowest BCUT2D eigenvalue weighted by Crippen LogP contribution is -2.33. The van der Waals surface area contributed by atoms with Gasteiger partial charge in [0.15, 0.2) is 27.1 Å². The first kappa shape index (κ1) is 41.8. The number of carbonyl (C=O) groups excluding carboxylic acids is 1. The number of hydrogen-bond donors (Lipinski definition) is 0. The van der Waals surface area contributed by atoms with E-state index in [1.807, 2.05) is 0 Å². The molecule has 0 amide bonds. The van der Waals surface area contributed by atoms with Crippen LogP contribution in [0.1, 0.15) is 85.3 Å². The van der Waals surface area contributed by atoms with Crippen LogP contribution in [0.3, 0.4) is 0 Å².